The SMILES string of the molecule is NC(=O)CCNC(=O)NC1CCN(c2ccccn2)CC1. The van der Waals surface area contributed by atoms with Crippen LogP contribution in [0.15, 0.2) is 24.4 Å². The molecular formula is C14H21N5O2. The van der Waals surface area contributed by atoms with Crippen molar-refractivity contribution in [3.05, 3.63) is 24.4 Å². The van der Waals surface area contributed by atoms with Crippen LogP contribution < -0.4 is 21.3 Å². The number of carbonyl (C=O) groups excluding carboxylic acids is 2. The molecule has 0 saturated carbocycles. The topological polar surface area (TPSA) is 100 Å². The second-order valence-corrected chi connectivity index (χ2v) is 5.07. The molecule has 1 aliphatic rings. The lowest BCUT2D eigenvalue weighted by Crippen LogP contribution is -2.48. The Morgan fingerprint density at radius 1 is 1.33 bits per heavy atom. The van der Waals surface area contributed by atoms with Crippen molar-refractivity contribution in [1.82, 2.24) is 15.6 Å². The third-order valence-corrected chi connectivity index (χ3v) is 3.46. The van der Waals surface area contributed by atoms with Crippen molar-refractivity contribution >= 4 is 17.8 Å². The summed E-state index contributed by atoms with van der Waals surface area (Å²) in [5, 5.41) is 5.54. The van der Waals surface area contributed by atoms with Crippen LogP contribution in [0.4, 0.5) is 10.6 Å². The molecule has 1 saturated heterocycles. The summed E-state index contributed by atoms with van der Waals surface area (Å²) in [7, 11) is 0. The van der Waals surface area contributed by atoms with Gasteiger partial charge in [-0.15, -0.1) is 0 Å². The number of piperidine rings is 1. The van der Waals surface area contributed by atoms with Crippen molar-refractivity contribution in [3.63, 3.8) is 0 Å². The summed E-state index contributed by atoms with van der Waals surface area (Å²) in [5.41, 5.74) is 5.01. The van der Waals surface area contributed by atoms with Crippen LogP contribution in [0.1, 0.15) is 19.3 Å². The molecule has 2 rings (SSSR count). The predicted octanol–water partition coefficient (Wildman–Crippen LogP) is 0.225. The zero-order valence-corrected chi connectivity index (χ0v) is 11.9. The van der Waals surface area contributed by atoms with E-state index in [9.17, 15) is 9.59 Å². The molecule has 7 heteroatoms. The van der Waals surface area contributed by atoms with Crippen molar-refractivity contribution in [3.8, 4) is 0 Å². The van der Waals surface area contributed by atoms with Crippen LogP contribution in [0.3, 0.4) is 0 Å². The number of anilines is 1. The summed E-state index contributed by atoms with van der Waals surface area (Å²) in [4.78, 5) is 28.8. The number of rotatable bonds is 5. The Kier molecular flexibility index (Phi) is 5.36. The minimum absolute atomic E-state index is 0.151. The lowest BCUT2D eigenvalue weighted by molar-refractivity contribution is -0.117. The fourth-order valence-electron chi connectivity index (χ4n) is 2.33. The average Bonchev–Trinajstić information content (AvgIpc) is 2.48. The van der Waals surface area contributed by atoms with E-state index in [4.69, 9.17) is 5.73 Å². The first-order valence-corrected chi connectivity index (χ1v) is 7.14. The summed E-state index contributed by atoms with van der Waals surface area (Å²) < 4.78 is 0. The zero-order chi connectivity index (χ0) is 15.1. The maximum absolute atomic E-state index is 11.6. The Morgan fingerprint density at radius 2 is 2.10 bits per heavy atom. The molecule has 0 bridgehead atoms. The van der Waals surface area contributed by atoms with E-state index < -0.39 is 5.91 Å². The largest absolute Gasteiger partial charge is 0.370 e. The predicted molar refractivity (Wildman–Crippen MR) is 79.8 cm³/mol. The van der Waals surface area contributed by atoms with Gasteiger partial charge in [0.2, 0.25) is 5.91 Å². The standard InChI is InChI=1S/C14H21N5O2/c15-12(20)4-8-17-14(21)18-11-5-9-19(10-6-11)13-3-1-2-7-16-13/h1-3,7,11H,4-6,8-10H2,(H2,15,20)(H2,17,18,21). The molecule has 1 aromatic rings. The van der Waals surface area contributed by atoms with Gasteiger partial charge in [-0.05, 0) is 25.0 Å². The molecule has 0 atom stereocenters. The van der Waals surface area contributed by atoms with E-state index in [1.807, 2.05) is 18.2 Å². The first-order valence-electron chi connectivity index (χ1n) is 7.14. The monoisotopic (exact) mass is 291 g/mol. The number of primary amides is 1. The van der Waals surface area contributed by atoms with Gasteiger partial charge in [0.1, 0.15) is 5.82 Å². The van der Waals surface area contributed by atoms with Gasteiger partial charge in [-0.3, -0.25) is 4.79 Å². The van der Waals surface area contributed by atoms with Gasteiger partial charge in [0, 0.05) is 38.3 Å². The molecule has 0 aliphatic carbocycles. The lowest BCUT2D eigenvalue weighted by Gasteiger charge is -2.33. The number of amides is 3. The molecular weight excluding hydrogens is 270 g/mol. The second kappa shape index (κ2) is 7.47. The number of nitrogens with one attached hydrogen (secondary N) is 2. The minimum atomic E-state index is -0.418. The van der Waals surface area contributed by atoms with Crippen LogP contribution >= 0.6 is 0 Å². The Bertz CT molecular complexity index is 472. The molecule has 21 heavy (non-hydrogen) atoms. The van der Waals surface area contributed by atoms with Gasteiger partial charge in [-0.25, -0.2) is 9.78 Å². The van der Waals surface area contributed by atoms with Crippen molar-refractivity contribution in [2.24, 2.45) is 5.73 Å². The zero-order valence-electron chi connectivity index (χ0n) is 11.9. The molecule has 0 unspecified atom stereocenters. The number of pyridine rings is 1. The van der Waals surface area contributed by atoms with Crippen LogP contribution in [0.25, 0.3) is 0 Å². The number of nitrogens with two attached hydrogens (primary N) is 1. The van der Waals surface area contributed by atoms with Gasteiger partial charge in [-0.1, -0.05) is 6.07 Å². The third kappa shape index (κ3) is 4.94. The normalized spacial score (nSPS) is 15.5. The number of nitrogens with zero attached hydrogens (tertiary/aromatic N) is 2. The Balaban J connectivity index is 1.69. The van der Waals surface area contributed by atoms with Crippen LogP contribution in [-0.2, 0) is 4.79 Å². The van der Waals surface area contributed by atoms with Crippen molar-refractivity contribution in [2.75, 3.05) is 24.5 Å². The summed E-state index contributed by atoms with van der Waals surface area (Å²) in [6.45, 7) is 2.00. The fourth-order valence-corrected chi connectivity index (χ4v) is 2.33. The summed E-state index contributed by atoms with van der Waals surface area (Å²) >= 11 is 0. The average molecular weight is 291 g/mol. The van der Waals surface area contributed by atoms with E-state index in [1.54, 1.807) is 6.20 Å². The molecule has 114 valence electrons. The number of hydrogen-bond acceptors (Lipinski definition) is 4. The minimum Gasteiger partial charge on any atom is -0.370 e. The van der Waals surface area contributed by atoms with E-state index in [1.165, 1.54) is 0 Å². The van der Waals surface area contributed by atoms with Crippen molar-refractivity contribution in [1.29, 1.82) is 0 Å². The molecule has 4 N–H and O–H groups in total. The molecule has 0 aromatic carbocycles. The fraction of sp³-hybridized carbons (Fsp3) is 0.500. The van der Waals surface area contributed by atoms with Gasteiger partial charge in [0.05, 0.1) is 0 Å². The first-order chi connectivity index (χ1) is 10.1. The third-order valence-electron chi connectivity index (χ3n) is 3.46. The smallest absolute Gasteiger partial charge is 0.315 e. The van der Waals surface area contributed by atoms with E-state index in [0.717, 1.165) is 31.7 Å². The molecule has 3 amide bonds. The van der Waals surface area contributed by atoms with Gasteiger partial charge < -0.3 is 21.3 Å². The van der Waals surface area contributed by atoms with Gasteiger partial charge >= 0.3 is 6.03 Å². The highest BCUT2D eigenvalue weighted by atomic mass is 16.2. The highest BCUT2D eigenvalue weighted by Gasteiger charge is 2.21. The number of urea groups is 1. The quantitative estimate of drug-likeness (QED) is 0.722. The van der Waals surface area contributed by atoms with E-state index in [0.29, 0.717) is 0 Å². The van der Waals surface area contributed by atoms with Gasteiger partial charge in [0.25, 0.3) is 0 Å². The highest BCUT2D eigenvalue weighted by molar-refractivity contribution is 5.77. The molecule has 1 aromatic heterocycles. The molecule has 0 spiro atoms. The Labute approximate surface area is 123 Å². The van der Waals surface area contributed by atoms with E-state index in [-0.39, 0.29) is 25.0 Å². The molecule has 7 nitrogen and oxygen atoms in total. The van der Waals surface area contributed by atoms with Gasteiger partial charge in [-0.2, -0.15) is 0 Å². The van der Waals surface area contributed by atoms with E-state index in [2.05, 4.69) is 20.5 Å². The Morgan fingerprint density at radius 3 is 2.71 bits per heavy atom. The number of carbonyl (C=O) groups is 2. The maximum Gasteiger partial charge on any atom is 0.315 e. The molecule has 1 aliphatic heterocycles. The first kappa shape index (κ1) is 15.1. The Hall–Kier alpha value is -2.31. The molecule has 2 heterocycles. The summed E-state index contributed by atoms with van der Waals surface area (Å²) in [6.07, 6.45) is 3.69. The van der Waals surface area contributed by atoms with Gasteiger partial charge in [0.15, 0.2) is 0 Å². The lowest BCUT2D eigenvalue weighted by atomic mass is 10.1. The van der Waals surface area contributed by atoms with Crippen LogP contribution in [0.5, 0.6) is 0 Å². The van der Waals surface area contributed by atoms with Crippen molar-refractivity contribution < 1.29 is 9.59 Å². The highest BCUT2D eigenvalue weighted by Crippen LogP contribution is 2.16. The number of hydrogen-bond donors (Lipinski definition) is 3. The van der Waals surface area contributed by atoms with Crippen LogP contribution in [0.2, 0.25) is 0 Å². The van der Waals surface area contributed by atoms with Crippen molar-refractivity contribution in [2.45, 2.75) is 25.3 Å². The van der Waals surface area contributed by atoms with Crippen LogP contribution in [-0.4, -0.2) is 42.6 Å². The summed E-state index contributed by atoms with van der Waals surface area (Å²) in [5.74, 6) is 0.556. The van der Waals surface area contributed by atoms with Crippen LogP contribution in [0, 0.1) is 0 Å². The molecule has 0 radical (unpaired) electrons. The number of aromatic nitrogens is 1. The second-order valence-electron chi connectivity index (χ2n) is 5.07. The molecule has 1 fully saturated rings. The van der Waals surface area contributed by atoms with E-state index >= 15 is 0 Å². The maximum atomic E-state index is 11.6. The summed E-state index contributed by atoms with van der Waals surface area (Å²) in [6, 6.07) is 5.77.